The lowest BCUT2D eigenvalue weighted by Gasteiger charge is -2.15. The largest absolute Gasteiger partial charge is 0.393 e. The van der Waals surface area contributed by atoms with Crippen LogP contribution in [0.1, 0.15) is 36.2 Å². The molecular weight excluding hydrogens is 282 g/mol. The van der Waals surface area contributed by atoms with E-state index in [1.54, 1.807) is 13.0 Å². The summed E-state index contributed by atoms with van der Waals surface area (Å²) in [6.45, 7) is 5.54. The van der Waals surface area contributed by atoms with Crippen molar-refractivity contribution in [1.29, 1.82) is 0 Å². The standard InChI is InChI=1S/C13H18BrNO2/c1-8-4-11(7-12(14)5-8)13(17)15-9(2)6-10(3)16/h4-5,7,9-10,16H,6H2,1-3H3,(H,15,17). The van der Waals surface area contributed by atoms with E-state index in [9.17, 15) is 9.90 Å². The van der Waals surface area contributed by atoms with Gasteiger partial charge in [0, 0.05) is 16.1 Å². The van der Waals surface area contributed by atoms with Gasteiger partial charge < -0.3 is 10.4 Å². The predicted molar refractivity (Wildman–Crippen MR) is 72.1 cm³/mol. The molecule has 2 atom stereocenters. The molecule has 3 nitrogen and oxygen atoms in total. The Kier molecular flexibility index (Phi) is 5.15. The van der Waals surface area contributed by atoms with Crippen molar-refractivity contribution in [3.05, 3.63) is 33.8 Å². The molecular formula is C13H18BrNO2. The van der Waals surface area contributed by atoms with Crippen LogP contribution in [0.15, 0.2) is 22.7 Å². The zero-order chi connectivity index (χ0) is 13.0. The van der Waals surface area contributed by atoms with E-state index in [0.29, 0.717) is 12.0 Å². The maximum atomic E-state index is 11.9. The molecule has 1 rings (SSSR count). The van der Waals surface area contributed by atoms with Crippen molar-refractivity contribution in [3.63, 3.8) is 0 Å². The Balaban J connectivity index is 2.69. The second-order valence-electron chi connectivity index (χ2n) is 4.48. The normalized spacial score (nSPS) is 14.2. The first-order chi connectivity index (χ1) is 7.88. The number of halogens is 1. The minimum Gasteiger partial charge on any atom is -0.393 e. The third kappa shape index (κ3) is 4.88. The number of aliphatic hydroxyl groups excluding tert-OH is 1. The number of carbonyl (C=O) groups is 1. The molecule has 0 aliphatic rings. The average Bonchev–Trinajstić information content (AvgIpc) is 2.14. The first-order valence-corrected chi connectivity index (χ1v) is 6.44. The number of aryl methyl sites for hydroxylation is 1. The summed E-state index contributed by atoms with van der Waals surface area (Å²) < 4.78 is 0.894. The third-order valence-electron chi connectivity index (χ3n) is 2.38. The van der Waals surface area contributed by atoms with E-state index < -0.39 is 6.10 Å². The van der Waals surface area contributed by atoms with Crippen LogP contribution in [0, 0.1) is 6.92 Å². The van der Waals surface area contributed by atoms with Crippen molar-refractivity contribution >= 4 is 21.8 Å². The van der Waals surface area contributed by atoms with Gasteiger partial charge in [-0.3, -0.25) is 4.79 Å². The Hall–Kier alpha value is -0.870. The number of benzene rings is 1. The molecule has 0 aliphatic heterocycles. The Morgan fingerprint density at radius 1 is 1.41 bits per heavy atom. The van der Waals surface area contributed by atoms with Gasteiger partial charge in [0.05, 0.1) is 6.10 Å². The molecule has 1 amide bonds. The monoisotopic (exact) mass is 299 g/mol. The molecule has 1 aromatic rings. The van der Waals surface area contributed by atoms with Gasteiger partial charge in [-0.1, -0.05) is 15.9 Å². The van der Waals surface area contributed by atoms with Gasteiger partial charge in [0.15, 0.2) is 0 Å². The van der Waals surface area contributed by atoms with Gasteiger partial charge in [0.2, 0.25) is 0 Å². The van der Waals surface area contributed by atoms with Crippen molar-refractivity contribution in [1.82, 2.24) is 5.32 Å². The molecule has 2 unspecified atom stereocenters. The van der Waals surface area contributed by atoms with Crippen LogP contribution in [0.5, 0.6) is 0 Å². The van der Waals surface area contributed by atoms with Gasteiger partial charge in [-0.15, -0.1) is 0 Å². The Bertz CT molecular complexity index is 384. The van der Waals surface area contributed by atoms with Crippen LogP contribution < -0.4 is 5.32 Å². The molecule has 0 bridgehead atoms. The molecule has 0 aromatic heterocycles. The highest BCUT2D eigenvalue weighted by atomic mass is 79.9. The van der Waals surface area contributed by atoms with Crippen LogP contribution >= 0.6 is 15.9 Å². The van der Waals surface area contributed by atoms with Crippen molar-refractivity contribution in [2.24, 2.45) is 0 Å². The summed E-state index contributed by atoms with van der Waals surface area (Å²) in [5.41, 5.74) is 1.67. The molecule has 0 saturated heterocycles. The summed E-state index contributed by atoms with van der Waals surface area (Å²) in [4.78, 5) is 11.9. The maximum absolute atomic E-state index is 11.9. The molecule has 4 heteroatoms. The summed E-state index contributed by atoms with van der Waals surface area (Å²) in [6, 6.07) is 5.55. The minimum atomic E-state index is -0.408. The van der Waals surface area contributed by atoms with Crippen LogP contribution in [0.2, 0.25) is 0 Å². The lowest BCUT2D eigenvalue weighted by molar-refractivity contribution is 0.0923. The zero-order valence-electron chi connectivity index (χ0n) is 10.3. The molecule has 0 radical (unpaired) electrons. The highest BCUT2D eigenvalue weighted by Crippen LogP contribution is 2.15. The number of nitrogens with one attached hydrogen (secondary N) is 1. The van der Waals surface area contributed by atoms with Crippen LogP contribution in [-0.2, 0) is 0 Å². The number of rotatable bonds is 4. The Labute approximate surface area is 110 Å². The smallest absolute Gasteiger partial charge is 0.251 e. The predicted octanol–water partition coefficient (Wildman–Crippen LogP) is 2.65. The topological polar surface area (TPSA) is 49.3 Å². The molecule has 2 N–H and O–H groups in total. The van der Waals surface area contributed by atoms with Gasteiger partial charge in [0.1, 0.15) is 0 Å². The zero-order valence-corrected chi connectivity index (χ0v) is 11.9. The molecule has 0 aliphatic carbocycles. The highest BCUT2D eigenvalue weighted by Gasteiger charge is 2.12. The Morgan fingerprint density at radius 2 is 2.06 bits per heavy atom. The molecule has 0 fully saturated rings. The van der Waals surface area contributed by atoms with Crippen LogP contribution in [0.3, 0.4) is 0 Å². The van der Waals surface area contributed by atoms with E-state index in [1.165, 1.54) is 0 Å². The summed E-state index contributed by atoms with van der Waals surface area (Å²) in [5, 5.41) is 12.1. The van der Waals surface area contributed by atoms with Crippen molar-refractivity contribution in [2.75, 3.05) is 0 Å². The van der Waals surface area contributed by atoms with Crippen LogP contribution in [-0.4, -0.2) is 23.2 Å². The SMILES string of the molecule is Cc1cc(Br)cc(C(=O)NC(C)CC(C)O)c1. The lowest BCUT2D eigenvalue weighted by atomic mass is 10.1. The molecule has 0 saturated carbocycles. The lowest BCUT2D eigenvalue weighted by Crippen LogP contribution is -2.34. The number of hydrogen-bond donors (Lipinski definition) is 2. The van der Waals surface area contributed by atoms with Gasteiger partial charge >= 0.3 is 0 Å². The molecule has 94 valence electrons. The second-order valence-corrected chi connectivity index (χ2v) is 5.39. The summed E-state index contributed by atoms with van der Waals surface area (Å²) in [6.07, 6.45) is 0.146. The molecule has 17 heavy (non-hydrogen) atoms. The quantitative estimate of drug-likeness (QED) is 0.898. The minimum absolute atomic E-state index is 0.0400. The van der Waals surface area contributed by atoms with Gasteiger partial charge in [0.25, 0.3) is 5.91 Å². The van der Waals surface area contributed by atoms with Gasteiger partial charge in [-0.05, 0) is 51.0 Å². The molecule has 0 heterocycles. The molecule has 0 spiro atoms. The maximum Gasteiger partial charge on any atom is 0.251 e. The summed E-state index contributed by atoms with van der Waals surface area (Å²) >= 11 is 3.37. The second kappa shape index (κ2) is 6.17. The number of aliphatic hydroxyl groups is 1. The highest BCUT2D eigenvalue weighted by molar-refractivity contribution is 9.10. The van der Waals surface area contributed by atoms with E-state index in [-0.39, 0.29) is 11.9 Å². The average molecular weight is 300 g/mol. The fourth-order valence-corrected chi connectivity index (χ4v) is 2.35. The molecule has 1 aromatic carbocycles. The van der Waals surface area contributed by atoms with Gasteiger partial charge in [-0.2, -0.15) is 0 Å². The van der Waals surface area contributed by atoms with Crippen molar-refractivity contribution < 1.29 is 9.90 Å². The first-order valence-electron chi connectivity index (χ1n) is 5.64. The number of hydrogen-bond acceptors (Lipinski definition) is 2. The van der Waals surface area contributed by atoms with E-state index in [0.717, 1.165) is 10.0 Å². The van der Waals surface area contributed by atoms with E-state index in [4.69, 9.17) is 0 Å². The fourth-order valence-electron chi connectivity index (χ4n) is 1.75. The van der Waals surface area contributed by atoms with Gasteiger partial charge in [-0.25, -0.2) is 0 Å². The number of amides is 1. The van der Waals surface area contributed by atoms with Crippen molar-refractivity contribution in [2.45, 2.75) is 39.3 Å². The van der Waals surface area contributed by atoms with Crippen molar-refractivity contribution in [3.8, 4) is 0 Å². The fraction of sp³-hybridized carbons (Fsp3) is 0.462. The van der Waals surface area contributed by atoms with E-state index in [2.05, 4.69) is 21.2 Å². The van der Waals surface area contributed by atoms with E-state index in [1.807, 2.05) is 26.0 Å². The summed E-state index contributed by atoms with van der Waals surface area (Å²) in [5.74, 6) is -0.109. The summed E-state index contributed by atoms with van der Waals surface area (Å²) in [7, 11) is 0. The number of carbonyl (C=O) groups excluding carboxylic acids is 1. The van der Waals surface area contributed by atoms with Crippen LogP contribution in [0.4, 0.5) is 0 Å². The van der Waals surface area contributed by atoms with E-state index >= 15 is 0 Å². The van der Waals surface area contributed by atoms with Crippen LogP contribution in [0.25, 0.3) is 0 Å². The third-order valence-corrected chi connectivity index (χ3v) is 2.83. The first kappa shape index (κ1) is 14.2. The Morgan fingerprint density at radius 3 is 2.59 bits per heavy atom.